The maximum atomic E-state index is 4.76. The van der Waals surface area contributed by atoms with Gasteiger partial charge in [0.15, 0.2) is 0 Å². The fraction of sp³-hybridized carbons (Fsp3) is 0.317. The Kier molecular flexibility index (Phi) is 8.23. The summed E-state index contributed by atoms with van der Waals surface area (Å²) in [5.74, 6) is 1.09. The quantitative estimate of drug-likeness (QED) is 0.313. The molecule has 1 saturated carbocycles. The average molecular weight is 539 g/mol. The molecular weight excluding hydrogens is 492 g/mol. The molecule has 3 aliphatic carbocycles. The van der Waals surface area contributed by atoms with Crippen molar-refractivity contribution in [2.75, 3.05) is 0 Å². The standard InChI is InChI=1S/C41H46/c1-10-11-28(7)39-29(8)20-37-23-36(30(9)40(37)41(39)33-18-16-32(17-19-33)25(2)3)22-31-13-15-35(21-31)38-24-34(26(4)5)14-12-27(38)6/h12-20,22,24-25,40-41H,4,7,9-11,21,23H2,1-3,5-6,8H3. The van der Waals surface area contributed by atoms with E-state index < -0.39 is 0 Å². The van der Waals surface area contributed by atoms with Gasteiger partial charge >= 0.3 is 0 Å². The predicted octanol–water partition coefficient (Wildman–Crippen LogP) is 11.8. The molecule has 0 aromatic heterocycles. The van der Waals surface area contributed by atoms with Crippen LogP contribution in [0.2, 0.25) is 0 Å². The van der Waals surface area contributed by atoms with Crippen molar-refractivity contribution in [1.29, 1.82) is 0 Å². The third kappa shape index (κ3) is 5.62. The lowest BCUT2D eigenvalue weighted by atomic mass is 9.69. The van der Waals surface area contributed by atoms with Crippen LogP contribution in [0.4, 0.5) is 0 Å². The van der Waals surface area contributed by atoms with Crippen LogP contribution in [-0.4, -0.2) is 0 Å². The fourth-order valence-corrected chi connectivity index (χ4v) is 7.00. The lowest BCUT2D eigenvalue weighted by molar-refractivity contribution is 0.619. The molecule has 0 saturated heterocycles. The first-order valence-corrected chi connectivity index (χ1v) is 15.3. The van der Waals surface area contributed by atoms with Crippen molar-refractivity contribution < 1.29 is 0 Å². The first-order chi connectivity index (χ1) is 19.6. The number of benzene rings is 2. The van der Waals surface area contributed by atoms with Gasteiger partial charge in [-0.3, -0.25) is 0 Å². The van der Waals surface area contributed by atoms with Crippen molar-refractivity contribution in [3.05, 3.63) is 153 Å². The maximum Gasteiger partial charge on any atom is 0.0201 e. The van der Waals surface area contributed by atoms with Crippen LogP contribution in [0.25, 0.3) is 11.1 Å². The van der Waals surface area contributed by atoms with E-state index in [0.717, 1.165) is 31.3 Å². The maximum absolute atomic E-state index is 4.76. The molecule has 0 amide bonds. The third-order valence-corrected chi connectivity index (χ3v) is 9.28. The highest BCUT2D eigenvalue weighted by molar-refractivity contribution is 5.78. The second-order valence-corrected chi connectivity index (χ2v) is 12.7. The Labute approximate surface area is 249 Å². The topological polar surface area (TPSA) is 0 Å². The zero-order valence-corrected chi connectivity index (χ0v) is 26.0. The van der Waals surface area contributed by atoms with Gasteiger partial charge in [0.1, 0.15) is 0 Å². The summed E-state index contributed by atoms with van der Waals surface area (Å²) in [7, 11) is 0. The second-order valence-electron chi connectivity index (χ2n) is 12.7. The molecule has 41 heavy (non-hydrogen) atoms. The fourth-order valence-electron chi connectivity index (χ4n) is 7.00. The summed E-state index contributed by atoms with van der Waals surface area (Å²) in [4.78, 5) is 0. The largest absolute Gasteiger partial charge is 0.0955 e. The number of hydrogen-bond donors (Lipinski definition) is 0. The Morgan fingerprint density at radius 1 is 0.976 bits per heavy atom. The summed E-state index contributed by atoms with van der Waals surface area (Å²) in [6, 6.07) is 16.1. The molecule has 3 aliphatic rings. The van der Waals surface area contributed by atoms with E-state index in [1.165, 1.54) is 72.4 Å². The molecule has 0 aliphatic heterocycles. The number of aryl methyl sites for hydroxylation is 1. The van der Waals surface area contributed by atoms with Gasteiger partial charge in [0.05, 0.1) is 0 Å². The Balaban J connectivity index is 1.45. The molecule has 2 aromatic rings. The molecule has 1 fully saturated rings. The molecule has 0 N–H and O–H groups in total. The smallest absolute Gasteiger partial charge is 0.0201 e. The van der Waals surface area contributed by atoms with E-state index in [-0.39, 0.29) is 5.92 Å². The van der Waals surface area contributed by atoms with Crippen LogP contribution in [0.3, 0.4) is 0 Å². The monoisotopic (exact) mass is 538 g/mol. The van der Waals surface area contributed by atoms with Crippen molar-refractivity contribution in [3.8, 4) is 0 Å². The van der Waals surface area contributed by atoms with E-state index >= 15 is 0 Å². The highest BCUT2D eigenvalue weighted by Crippen LogP contribution is 2.55. The van der Waals surface area contributed by atoms with E-state index in [2.05, 4.69) is 121 Å². The van der Waals surface area contributed by atoms with Gasteiger partial charge in [-0.05, 0) is 113 Å². The van der Waals surface area contributed by atoms with Gasteiger partial charge in [-0.2, -0.15) is 0 Å². The second kappa shape index (κ2) is 11.7. The van der Waals surface area contributed by atoms with Crippen LogP contribution in [0.15, 0.2) is 126 Å². The van der Waals surface area contributed by atoms with Crippen LogP contribution in [-0.2, 0) is 0 Å². The Bertz CT molecular complexity index is 1570. The zero-order valence-electron chi connectivity index (χ0n) is 26.0. The molecule has 2 aromatic carbocycles. The van der Waals surface area contributed by atoms with Gasteiger partial charge in [0.2, 0.25) is 0 Å². The molecule has 0 bridgehead atoms. The Morgan fingerprint density at radius 2 is 1.71 bits per heavy atom. The van der Waals surface area contributed by atoms with E-state index in [1.54, 1.807) is 0 Å². The van der Waals surface area contributed by atoms with Crippen LogP contribution < -0.4 is 0 Å². The summed E-state index contributed by atoms with van der Waals surface area (Å²) < 4.78 is 0. The van der Waals surface area contributed by atoms with Gasteiger partial charge in [0.25, 0.3) is 0 Å². The highest BCUT2D eigenvalue weighted by atomic mass is 14.4. The molecule has 210 valence electrons. The third-order valence-electron chi connectivity index (χ3n) is 9.28. The number of rotatable bonds is 8. The lowest BCUT2D eigenvalue weighted by Crippen LogP contribution is -2.21. The molecule has 5 rings (SSSR count). The minimum absolute atomic E-state index is 0.271. The summed E-state index contributed by atoms with van der Waals surface area (Å²) in [5.41, 5.74) is 18.7. The molecular formula is C41H46. The number of allylic oxidation sites excluding steroid dienone is 13. The Hall–Kier alpha value is -3.64. The summed E-state index contributed by atoms with van der Waals surface area (Å²) in [6.45, 7) is 26.9. The van der Waals surface area contributed by atoms with Crippen molar-refractivity contribution >= 4 is 11.1 Å². The molecule has 0 heteroatoms. The molecule has 2 atom stereocenters. The van der Waals surface area contributed by atoms with Crippen LogP contribution in [0, 0.1) is 12.8 Å². The molecule has 0 heterocycles. The summed E-state index contributed by atoms with van der Waals surface area (Å²) in [5, 5.41) is 0. The van der Waals surface area contributed by atoms with Crippen molar-refractivity contribution in [2.45, 2.75) is 79.1 Å². The zero-order chi connectivity index (χ0) is 29.4. The van der Waals surface area contributed by atoms with Crippen molar-refractivity contribution in [2.24, 2.45) is 5.92 Å². The van der Waals surface area contributed by atoms with Crippen LogP contribution >= 0.6 is 0 Å². The minimum atomic E-state index is 0.271. The van der Waals surface area contributed by atoms with E-state index in [1.807, 2.05) is 0 Å². The van der Waals surface area contributed by atoms with Crippen molar-refractivity contribution in [1.82, 2.24) is 0 Å². The van der Waals surface area contributed by atoms with E-state index in [0.29, 0.717) is 11.8 Å². The SMILES string of the molecule is C=C(CCC)C1=C(C)C=C2CC(=CC3=CC=C(c4cc(C(=C)C)ccc4C)C3)C(=C)C2C1c1ccc(C(C)C)cc1. The molecule has 0 radical (unpaired) electrons. The summed E-state index contributed by atoms with van der Waals surface area (Å²) in [6.07, 6.45) is 13.6. The highest BCUT2D eigenvalue weighted by Gasteiger charge is 2.41. The first-order valence-electron chi connectivity index (χ1n) is 15.3. The predicted molar refractivity (Wildman–Crippen MR) is 180 cm³/mol. The van der Waals surface area contributed by atoms with Crippen LogP contribution in [0.1, 0.15) is 100.0 Å². The van der Waals surface area contributed by atoms with Gasteiger partial charge in [-0.1, -0.05) is 124 Å². The van der Waals surface area contributed by atoms with Gasteiger partial charge in [0, 0.05) is 11.8 Å². The van der Waals surface area contributed by atoms with E-state index in [9.17, 15) is 0 Å². The number of hydrogen-bond acceptors (Lipinski definition) is 0. The number of fused-ring (bicyclic) bond motifs is 1. The average Bonchev–Trinajstić information content (AvgIpc) is 3.52. The molecule has 0 nitrogen and oxygen atoms in total. The summed E-state index contributed by atoms with van der Waals surface area (Å²) >= 11 is 0. The van der Waals surface area contributed by atoms with E-state index in [4.69, 9.17) is 6.58 Å². The van der Waals surface area contributed by atoms with Gasteiger partial charge < -0.3 is 0 Å². The lowest BCUT2D eigenvalue weighted by Gasteiger charge is -2.34. The van der Waals surface area contributed by atoms with Gasteiger partial charge in [-0.25, -0.2) is 0 Å². The minimum Gasteiger partial charge on any atom is -0.0955 e. The first kappa shape index (κ1) is 28.9. The molecule has 0 spiro atoms. The van der Waals surface area contributed by atoms with Gasteiger partial charge in [-0.15, -0.1) is 0 Å². The normalized spacial score (nSPS) is 21.3. The Morgan fingerprint density at radius 3 is 2.37 bits per heavy atom. The van der Waals surface area contributed by atoms with Crippen LogP contribution in [0.5, 0.6) is 0 Å². The van der Waals surface area contributed by atoms with Crippen molar-refractivity contribution in [3.63, 3.8) is 0 Å². The molecule has 2 unspecified atom stereocenters.